The number of benzene rings is 2. The molecule has 0 unspecified atom stereocenters. The van der Waals surface area contributed by atoms with Gasteiger partial charge in [0.05, 0.1) is 9.79 Å². The summed E-state index contributed by atoms with van der Waals surface area (Å²) < 4.78 is 21.1. The highest BCUT2D eigenvalue weighted by Gasteiger charge is 2.19. The first-order chi connectivity index (χ1) is 8.82. The van der Waals surface area contributed by atoms with E-state index in [4.69, 9.17) is 0 Å². The first-order valence-corrected chi connectivity index (χ1v) is 7.80. The molecule has 0 aliphatic carbocycles. The van der Waals surface area contributed by atoms with Gasteiger partial charge in [-0.3, -0.25) is 9.11 Å². The van der Waals surface area contributed by atoms with Crippen LogP contribution in [0.3, 0.4) is 0 Å². The summed E-state index contributed by atoms with van der Waals surface area (Å²) in [7, 11) is -2.92. The zero-order chi connectivity index (χ0) is 14.2. The van der Waals surface area contributed by atoms with Crippen LogP contribution in [0.1, 0.15) is 22.3 Å². The molecule has 0 aliphatic rings. The van der Waals surface area contributed by atoms with Crippen molar-refractivity contribution in [1.82, 2.24) is 0 Å². The van der Waals surface area contributed by atoms with E-state index in [2.05, 4.69) is 0 Å². The van der Waals surface area contributed by atoms with Gasteiger partial charge < -0.3 is 0 Å². The molecule has 3 heteroatoms. The Morgan fingerprint density at radius 3 is 1.32 bits per heavy atom. The van der Waals surface area contributed by atoms with Crippen molar-refractivity contribution in [3.8, 4) is 0 Å². The lowest BCUT2D eigenvalue weighted by Crippen LogP contribution is -2.01. The molecule has 2 rings (SSSR count). The van der Waals surface area contributed by atoms with Crippen LogP contribution < -0.4 is 0 Å². The fourth-order valence-electron chi connectivity index (χ4n) is 1.92. The number of hydrogen-bond donors (Lipinski definition) is 2. The molecule has 0 spiro atoms. The molecule has 0 bridgehead atoms. The third kappa shape index (κ3) is 2.68. The lowest BCUT2D eigenvalue weighted by atomic mass is 10.1. The predicted molar refractivity (Wildman–Crippen MR) is 81.2 cm³/mol. The molecule has 0 amide bonds. The smallest absolute Gasteiger partial charge is 0.0639 e. The predicted octanol–water partition coefficient (Wildman–Crippen LogP) is 5.09. The van der Waals surface area contributed by atoms with E-state index in [9.17, 15) is 9.11 Å². The Balaban J connectivity index is 2.51. The lowest BCUT2D eigenvalue weighted by Gasteiger charge is -2.33. The van der Waals surface area contributed by atoms with E-state index in [1.807, 2.05) is 52.0 Å². The van der Waals surface area contributed by atoms with E-state index in [0.29, 0.717) is 9.79 Å². The molecule has 0 aliphatic heterocycles. The molecule has 0 saturated carbocycles. The Morgan fingerprint density at radius 1 is 0.632 bits per heavy atom. The fraction of sp³-hybridized carbons (Fsp3) is 0.250. The normalized spacial score (nSPS) is 12.5. The van der Waals surface area contributed by atoms with Crippen molar-refractivity contribution in [2.45, 2.75) is 37.5 Å². The number of aryl methyl sites for hydroxylation is 4. The van der Waals surface area contributed by atoms with Gasteiger partial charge in [0.15, 0.2) is 0 Å². The first-order valence-electron chi connectivity index (χ1n) is 6.25. The molecule has 0 fully saturated rings. The quantitative estimate of drug-likeness (QED) is 0.802. The third-order valence-electron chi connectivity index (χ3n) is 3.61. The Kier molecular flexibility index (Phi) is 3.72. The molecule has 0 saturated heterocycles. The van der Waals surface area contributed by atoms with E-state index in [1.54, 1.807) is 12.1 Å². The fourth-order valence-corrected chi connectivity index (χ4v) is 3.39. The molecule has 2 N–H and O–H groups in total. The van der Waals surface area contributed by atoms with Gasteiger partial charge in [-0.1, -0.05) is 12.1 Å². The van der Waals surface area contributed by atoms with Gasteiger partial charge >= 0.3 is 0 Å². The SMILES string of the molecule is Cc1ccc(S(O)(O)c2ccc(C)c(C)c2)cc1C. The van der Waals surface area contributed by atoms with Crippen molar-refractivity contribution in [1.29, 1.82) is 0 Å². The standard InChI is InChI=1S/C16H20O2S/c1-11-5-7-15(9-13(11)3)19(17,18)16-8-6-12(2)14(4)10-16/h5-10,17-18H,1-4H3. The van der Waals surface area contributed by atoms with Gasteiger partial charge in [-0.25, -0.2) is 0 Å². The second kappa shape index (κ2) is 5.00. The zero-order valence-electron chi connectivity index (χ0n) is 11.8. The second-order valence-corrected chi connectivity index (χ2v) is 7.08. The number of hydrogen-bond acceptors (Lipinski definition) is 2. The van der Waals surface area contributed by atoms with Crippen molar-refractivity contribution in [2.24, 2.45) is 0 Å². The van der Waals surface area contributed by atoms with Crippen LogP contribution in [0.15, 0.2) is 46.2 Å². The van der Waals surface area contributed by atoms with E-state index in [0.717, 1.165) is 22.3 Å². The summed E-state index contributed by atoms with van der Waals surface area (Å²) in [4.78, 5) is 1.16. The van der Waals surface area contributed by atoms with Crippen molar-refractivity contribution in [3.05, 3.63) is 58.7 Å². The van der Waals surface area contributed by atoms with Crippen LogP contribution in [0.5, 0.6) is 0 Å². The summed E-state index contributed by atoms with van der Waals surface area (Å²) in [5, 5.41) is 0. The first kappa shape index (κ1) is 14.1. The van der Waals surface area contributed by atoms with Crippen LogP contribution in [-0.4, -0.2) is 9.11 Å². The summed E-state index contributed by atoms with van der Waals surface area (Å²) in [6.45, 7) is 7.99. The average Bonchev–Trinajstić information content (AvgIpc) is 2.35. The zero-order valence-corrected chi connectivity index (χ0v) is 12.6. The van der Waals surface area contributed by atoms with Crippen LogP contribution in [0.4, 0.5) is 0 Å². The van der Waals surface area contributed by atoms with Crippen molar-refractivity contribution in [2.75, 3.05) is 0 Å². The van der Waals surface area contributed by atoms with Crippen LogP contribution in [0, 0.1) is 27.7 Å². The van der Waals surface area contributed by atoms with Gasteiger partial charge in [0.1, 0.15) is 0 Å². The topological polar surface area (TPSA) is 40.5 Å². The largest absolute Gasteiger partial charge is 0.290 e. The molecule has 0 atom stereocenters. The molecule has 2 aromatic carbocycles. The molecule has 2 aromatic rings. The highest BCUT2D eigenvalue weighted by molar-refractivity contribution is 8.24. The van der Waals surface area contributed by atoms with E-state index in [-0.39, 0.29) is 0 Å². The van der Waals surface area contributed by atoms with Gasteiger partial charge in [-0.2, -0.15) is 0 Å². The van der Waals surface area contributed by atoms with Crippen LogP contribution in [0.25, 0.3) is 0 Å². The highest BCUT2D eigenvalue weighted by atomic mass is 32.3. The van der Waals surface area contributed by atoms with Gasteiger partial charge in [-0.15, -0.1) is 10.6 Å². The number of rotatable bonds is 2. The maximum Gasteiger partial charge on any atom is 0.0639 e. The van der Waals surface area contributed by atoms with Crippen LogP contribution in [-0.2, 0) is 0 Å². The van der Waals surface area contributed by atoms with E-state index >= 15 is 0 Å². The van der Waals surface area contributed by atoms with Crippen LogP contribution >= 0.6 is 10.6 Å². The minimum Gasteiger partial charge on any atom is -0.290 e. The van der Waals surface area contributed by atoms with Crippen LogP contribution in [0.2, 0.25) is 0 Å². The van der Waals surface area contributed by atoms with Crippen molar-refractivity contribution in [3.63, 3.8) is 0 Å². The Morgan fingerprint density at radius 2 is 1.00 bits per heavy atom. The second-order valence-electron chi connectivity index (χ2n) is 5.04. The lowest BCUT2D eigenvalue weighted by molar-refractivity contribution is 0.486. The Hall–Kier alpha value is -1.29. The van der Waals surface area contributed by atoms with Gasteiger partial charge in [-0.05, 0) is 74.2 Å². The molecule has 102 valence electrons. The third-order valence-corrected chi connectivity index (χ3v) is 5.44. The maximum atomic E-state index is 10.5. The molecular formula is C16H20O2S. The van der Waals surface area contributed by atoms with Crippen molar-refractivity contribution >= 4 is 10.6 Å². The molecule has 19 heavy (non-hydrogen) atoms. The molecule has 2 nitrogen and oxygen atoms in total. The van der Waals surface area contributed by atoms with E-state index < -0.39 is 10.6 Å². The summed E-state index contributed by atoms with van der Waals surface area (Å²) >= 11 is 0. The average molecular weight is 276 g/mol. The Labute approximate surface area is 116 Å². The van der Waals surface area contributed by atoms with Gasteiger partial charge in [0, 0.05) is 0 Å². The van der Waals surface area contributed by atoms with E-state index in [1.165, 1.54) is 0 Å². The molecule has 0 heterocycles. The van der Waals surface area contributed by atoms with Gasteiger partial charge in [0.25, 0.3) is 0 Å². The summed E-state index contributed by atoms with van der Waals surface area (Å²) in [5.41, 5.74) is 4.45. The summed E-state index contributed by atoms with van der Waals surface area (Å²) in [6, 6.07) is 11.2. The molecule has 0 aromatic heterocycles. The summed E-state index contributed by atoms with van der Waals surface area (Å²) in [5.74, 6) is 0. The Bertz CT molecular complexity index is 565. The highest BCUT2D eigenvalue weighted by Crippen LogP contribution is 2.55. The minimum atomic E-state index is -2.92. The minimum absolute atomic E-state index is 0.582. The monoisotopic (exact) mass is 276 g/mol. The van der Waals surface area contributed by atoms with Gasteiger partial charge in [0.2, 0.25) is 0 Å². The molecular weight excluding hydrogens is 256 g/mol. The molecule has 0 radical (unpaired) electrons. The summed E-state index contributed by atoms with van der Waals surface area (Å²) in [6.07, 6.45) is 0. The van der Waals surface area contributed by atoms with Crippen molar-refractivity contribution < 1.29 is 9.11 Å². The maximum absolute atomic E-state index is 10.5.